The van der Waals surface area contributed by atoms with Gasteiger partial charge in [-0.1, -0.05) is 53.6 Å². The summed E-state index contributed by atoms with van der Waals surface area (Å²) in [5.74, 6) is 0.663. The van der Waals surface area contributed by atoms with E-state index in [1.54, 1.807) is 24.3 Å². The summed E-state index contributed by atoms with van der Waals surface area (Å²) in [7, 11) is 0. The average molecular weight is 376 g/mol. The van der Waals surface area contributed by atoms with Gasteiger partial charge in [0.15, 0.2) is 0 Å². The number of halogens is 1. The second kappa shape index (κ2) is 7.25. The summed E-state index contributed by atoms with van der Waals surface area (Å²) in [4.78, 5) is 17.4. The van der Waals surface area contributed by atoms with Crippen LogP contribution in [0.25, 0.3) is 22.4 Å². The number of rotatable bonds is 4. The van der Waals surface area contributed by atoms with Gasteiger partial charge in [0.1, 0.15) is 12.4 Å². The maximum atomic E-state index is 12.7. The van der Waals surface area contributed by atoms with Gasteiger partial charge in [0.2, 0.25) is 5.91 Å². The smallest absolute Gasteiger partial charge is 0.244 e. The Bertz CT molecular complexity index is 1100. The summed E-state index contributed by atoms with van der Waals surface area (Å²) in [6.45, 7) is 2.22. The lowest BCUT2D eigenvalue weighted by Gasteiger charge is -2.10. The third kappa shape index (κ3) is 3.71. The summed E-state index contributed by atoms with van der Waals surface area (Å²) in [6.07, 6.45) is 0. The first-order valence-corrected chi connectivity index (χ1v) is 9.06. The zero-order valence-electron chi connectivity index (χ0n) is 14.8. The molecule has 0 saturated carbocycles. The molecule has 1 aromatic heterocycles. The molecular weight excluding hydrogens is 358 g/mol. The fraction of sp³-hybridized carbons (Fsp3) is 0.0909. The molecule has 0 fully saturated rings. The van der Waals surface area contributed by atoms with Gasteiger partial charge in [-0.25, -0.2) is 4.98 Å². The lowest BCUT2D eigenvalue weighted by atomic mass is 10.1. The number of anilines is 1. The lowest BCUT2D eigenvalue weighted by molar-refractivity contribution is -0.116. The molecule has 3 aromatic carbocycles. The van der Waals surface area contributed by atoms with Crippen LogP contribution in [0.1, 0.15) is 5.56 Å². The summed E-state index contributed by atoms with van der Waals surface area (Å²) in [5.41, 5.74) is 4.68. The van der Waals surface area contributed by atoms with Crippen LogP contribution in [0.2, 0.25) is 5.02 Å². The number of aryl methyl sites for hydroxylation is 1. The first kappa shape index (κ1) is 17.3. The molecule has 0 aliphatic heterocycles. The van der Waals surface area contributed by atoms with Crippen molar-refractivity contribution < 1.29 is 4.79 Å². The molecule has 0 aliphatic carbocycles. The van der Waals surface area contributed by atoms with E-state index in [0.29, 0.717) is 10.7 Å². The van der Waals surface area contributed by atoms with E-state index in [9.17, 15) is 4.79 Å². The molecule has 1 N–H and O–H groups in total. The molecule has 0 aliphatic rings. The Morgan fingerprint density at radius 1 is 1.00 bits per heavy atom. The van der Waals surface area contributed by atoms with Gasteiger partial charge in [0.25, 0.3) is 0 Å². The number of carbonyl (C=O) groups is 1. The van der Waals surface area contributed by atoms with Gasteiger partial charge in [-0.3, -0.25) is 4.79 Å². The van der Waals surface area contributed by atoms with Crippen LogP contribution in [-0.4, -0.2) is 15.5 Å². The summed E-state index contributed by atoms with van der Waals surface area (Å²) < 4.78 is 1.95. The molecule has 27 heavy (non-hydrogen) atoms. The summed E-state index contributed by atoms with van der Waals surface area (Å²) in [5, 5.41) is 3.55. The van der Waals surface area contributed by atoms with Crippen LogP contribution in [-0.2, 0) is 11.3 Å². The third-order valence-electron chi connectivity index (χ3n) is 4.39. The number of aromatic nitrogens is 2. The van der Waals surface area contributed by atoms with Crippen molar-refractivity contribution in [1.82, 2.24) is 9.55 Å². The number of nitrogens with zero attached hydrogens (tertiary/aromatic N) is 2. The van der Waals surface area contributed by atoms with Gasteiger partial charge in [-0.2, -0.15) is 0 Å². The largest absolute Gasteiger partial charge is 0.325 e. The fourth-order valence-electron chi connectivity index (χ4n) is 3.04. The van der Waals surface area contributed by atoms with Gasteiger partial charge in [-0.15, -0.1) is 0 Å². The third-order valence-corrected chi connectivity index (χ3v) is 4.65. The minimum absolute atomic E-state index is 0.117. The molecule has 0 atom stereocenters. The lowest BCUT2D eigenvalue weighted by Crippen LogP contribution is -2.19. The molecule has 1 amide bonds. The number of para-hydroxylation sites is 2. The van der Waals surface area contributed by atoms with Crippen molar-refractivity contribution in [3.63, 3.8) is 0 Å². The quantitative estimate of drug-likeness (QED) is 0.525. The average Bonchev–Trinajstić information content (AvgIpc) is 3.03. The highest BCUT2D eigenvalue weighted by atomic mass is 35.5. The first-order chi connectivity index (χ1) is 13.1. The van der Waals surface area contributed by atoms with Gasteiger partial charge in [-0.05, 0) is 43.3 Å². The van der Waals surface area contributed by atoms with Crippen molar-refractivity contribution in [3.8, 4) is 11.4 Å². The number of hydrogen-bond donors (Lipinski definition) is 1. The second-order valence-electron chi connectivity index (χ2n) is 6.43. The maximum absolute atomic E-state index is 12.7. The van der Waals surface area contributed by atoms with Gasteiger partial charge in [0.05, 0.1) is 11.0 Å². The van der Waals surface area contributed by atoms with Crippen molar-refractivity contribution in [2.75, 3.05) is 5.32 Å². The molecular formula is C22H18ClN3O. The predicted octanol–water partition coefficient (Wildman–Crippen LogP) is 5.30. The Morgan fingerprint density at radius 3 is 2.44 bits per heavy atom. The Morgan fingerprint density at radius 2 is 1.70 bits per heavy atom. The van der Waals surface area contributed by atoms with Crippen molar-refractivity contribution >= 4 is 34.2 Å². The highest BCUT2D eigenvalue weighted by molar-refractivity contribution is 6.30. The molecule has 0 spiro atoms. The van der Waals surface area contributed by atoms with E-state index in [4.69, 9.17) is 16.6 Å². The molecule has 4 nitrogen and oxygen atoms in total. The van der Waals surface area contributed by atoms with Crippen LogP contribution in [0.4, 0.5) is 5.69 Å². The van der Waals surface area contributed by atoms with E-state index in [1.165, 1.54) is 5.56 Å². The predicted molar refractivity (Wildman–Crippen MR) is 110 cm³/mol. The van der Waals surface area contributed by atoms with E-state index >= 15 is 0 Å². The minimum atomic E-state index is -0.117. The molecule has 5 heteroatoms. The standard InChI is InChI=1S/C22H18ClN3O/c1-15-6-8-16(9-7-15)22-25-19-4-2-3-5-20(19)26(22)14-21(27)24-18-12-10-17(23)11-13-18/h2-13H,14H2,1H3,(H,24,27). The van der Waals surface area contributed by atoms with Crippen LogP contribution in [0.15, 0.2) is 72.8 Å². The number of hydrogen-bond acceptors (Lipinski definition) is 2. The number of amides is 1. The van der Waals surface area contributed by atoms with Crippen LogP contribution >= 0.6 is 11.6 Å². The molecule has 0 unspecified atom stereocenters. The highest BCUT2D eigenvalue weighted by Crippen LogP contribution is 2.25. The Hall–Kier alpha value is -3.11. The highest BCUT2D eigenvalue weighted by Gasteiger charge is 2.15. The minimum Gasteiger partial charge on any atom is -0.325 e. The van der Waals surface area contributed by atoms with E-state index in [2.05, 4.69) is 5.32 Å². The van der Waals surface area contributed by atoms with E-state index in [-0.39, 0.29) is 12.5 Å². The number of carbonyl (C=O) groups excluding carboxylic acids is 1. The molecule has 134 valence electrons. The van der Waals surface area contributed by atoms with Crippen molar-refractivity contribution in [1.29, 1.82) is 0 Å². The monoisotopic (exact) mass is 375 g/mol. The zero-order valence-corrected chi connectivity index (χ0v) is 15.6. The fourth-order valence-corrected chi connectivity index (χ4v) is 3.16. The zero-order chi connectivity index (χ0) is 18.8. The van der Waals surface area contributed by atoms with Crippen molar-refractivity contribution in [3.05, 3.63) is 83.4 Å². The Labute approximate surface area is 162 Å². The molecule has 0 bridgehead atoms. The van der Waals surface area contributed by atoms with E-state index < -0.39 is 0 Å². The molecule has 0 radical (unpaired) electrons. The number of nitrogens with one attached hydrogen (secondary N) is 1. The summed E-state index contributed by atoms with van der Waals surface area (Å²) in [6, 6.07) is 23.1. The van der Waals surface area contributed by atoms with Crippen molar-refractivity contribution in [2.45, 2.75) is 13.5 Å². The maximum Gasteiger partial charge on any atom is 0.244 e. The molecule has 4 rings (SSSR count). The topological polar surface area (TPSA) is 46.9 Å². The van der Waals surface area contributed by atoms with Crippen LogP contribution in [0.3, 0.4) is 0 Å². The number of fused-ring (bicyclic) bond motifs is 1. The van der Waals surface area contributed by atoms with Gasteiger partial charge >= 0.3 is 0 Å². The van der Waals surface area contributed by atoms with Gasteiger partial charge in [0, 0.05) is 16.3 Å². The summed E-state index contributed by atoms with van der Waals surface area (Å²) >= 11 is 5.90. The number of imidazole rings is 1. The molecule has 4 aromatic rings. The van der Waals surface area contributed by atoms with E-state index in [1.807, 2.05) is 60.0 Å². The van der Waals surface area contributed by atoms with Crippen molar-refractivity contribution in [2.24, 2.45) is 0 Å². The molecule has 1 heterocycles. The Kier molecular flexibility index (Phi) is 4.65. The van der Waals surface area contributed by atoms with Gasteiger partial charge < -0.3 is 9.88 Å². The van der Waals surface area contributed by atoms with Crippen LogP contribution in [0.5, 0.6) is 0 Å². The van der Waals surface area contributed by atoms with E-state index in [0.717, 1.165) is 22.4 Å². The number of benzene rings is 3. The Balaban J connectivity index is 1.69. The normalized spacial score (nSPS) is 10.9. The van der Waals surface area contributed by atoms with Crippen LogP contribution < -0.4 is 5.32 Å². The second-order valence-corrected chi connectivity index (χ2v) is 6.87. The van der Waals surface area contributed by atoms with Crippen LogP contribution in [0, 0.1) is 6.92 Å². The first-order valence-electron chi connectivity index (χ1n) is 8.68. The molecule has 0 saturated heterocycles. The SMILES string of the molecule is Cc1ccc(-c2nc3ccccc3n2CC(=O)Nc2ccc(Cl)cc2)cc1.